The molecular formula is C16H26N2O2S. The average Bonchev–Trinajstić information content (AvgIpc) is 2.86. The highest BCUT2D eigenvalue weighted by molar-refractivity contribution is 7.11. The summed E-state index contributed by atoms with van der Waals surface area (Å²) in [6, 6.07) is 0.691. The minimum absolute atomic E-state index is 0.206. The lowest BCUT2D eigenvalue weighted by atomic mass is 10.0. The molecule has 0 radical (unpaired) electrons. The van der Waals surface area contributed by atoms with Gasteiger partial charge in [-0.15, -0.1) is 11.3 Å². The van der Waals surface area contributed by atoms with Gasteiger partial charge in [-0.3, -0.25) is 4.79 Å². The molecule has 0 spiro atoms. The number of piperidine rings is 1. The van der Waals surface area contributed by atoms with Gasteiger partial charge in [0.05, 0.1) is 17.1 Å². The SMILES string of the molecule is CCc1nc(CCN2CCCCC2C)sc1CCC(=O)O. The van der Waals surface area contributed by atoms with Crippen LogP contribution in [0.25, 0.3) is 0 Å². The van der Waals surface area contributed by atoms with Crippen molar-refractivity contribution in [3.63, 3.8) is 0 Å². The smallest absolute Gasteiger partial charge is 0.303 e. The molecule has 1 aromatic rings. The van der Waals surface area contributed by atoms with E-state index in [1.54, 1.807) is 11.3 Å². The van der Waals surface area contributed by atoms with Crippen molar-refractivity contribution in [1.82, 2.24) is 9.88 Å². The van der Waals surface area contributed by atoms with Gasteiger partial charge in [-0.1, -0.05) is 13.3 Å². The first kappa shape index (κ1) is 16.4. The Morgan fingerprint density at radius 3 is 2.90 bits per heavy atom. The molecule has 118 valence electrons. The van der Waals surface area contributed by atoms with Crippen LogP contribution in [0.3, 0.4) is 0 Å². The molecule has 0 saturated carbocycles. The molecule has 1 fully saturated rings. The molecule has 0 bridgehead atoms. The number of carboxylic acids is 1. The van der Waals surface area contributed by atoms with E-state index in [1.807, 2.05) is 0 Å². The maximum absolute atomic E-state index is 10.7. The average molecular weight is 310 g/mol. The number of aromatic nitrogens is 1. The summed E-state index contributed by atoms with van der Waals surface area (Å²) in [6.45, 7) is 6.70. The van der Waals surface area contributed by atoms with Crippen LogP contribution in [0.5, 0.6) is 0 Å². The molecule has 1 atom stereocenters. The molecule has 5 heteroatoms. The highest BCUT2D eigenvalue weighted by Crippen LogP contribution is 2.23. The van der Waals surface area contributed by atoms with Crippen molar-refractivity contribution in [3.05, 3.63) is 15.6 Å². The van der Waals surface area contributed by atoms with Gasteiger partial charge in [0.15, 0.2) is 0 Å². The van der Waals surface area contributed by atoms with Gasteiger partial charge in [-0.25, -0.2) is 4.98 Å². The molecule has 1 aliphatic rings. The predicted octanol–water partition coefficient (Wildman–Crippen LogP) is 3.14. The summed E-state index contributed by atoms with van der Waals surface area (Å²) in [5, 5.41) is 10.00. The van der Waals surface area contributed by atoms with E-state index in [0.717, 1.165) is 25.1 Å². The molecule has 1 saturated heterocycles. The largest absolute Gasteiger partial charge is 0.481 e. The Bertz CT molecular complexity index is 473. The molecule has 2 rings (SSSR count). The lowest BCUT2D eigenvalue weighted by molar-refractivity contribution is -0.136. The number of likely N-dealkylation sites (tertiary alicyclic amines) is 1. The third-order valence-electron chi connectivity index (χ3n) is 4.28. The van der Waals surface area contributed by atoms with Crippen LogP contribution in [0, 0.1) is 0 Å². The second kappa shape index (κ2) is 7.90. The fraction of sp³-hybridized carbons (Fsp3) is 0.750. The zero-order valence-electron chi connectivity index (χ0n) is 13.1. The monoisotopic (exact) mass is 310 g/mol. The zero-order chi connectivity index (χ0) is 15.2. The van der Waals surface area contributed by atoms with Crippen LogP contribution in [0.1, 0.15) is 55.1 Å². The van der Waals surface area contributed by atoms with Gasteiger partial charge in [0.2, 0.25) is 0 Å². The van der Waals surface area contributed by atoms with Crippen LogP contribution in [0.4, 0.5) is 0 Å². The van der Waals surface area contributed by atoms with Crippen molar-refractivity contribution in [2.75, 3.05) is 13.1 Å². The minimum Gasteiger partial charge on any atom is -0.481 e. The Kier molecular flexibility index (Phi) is 6.18. The van der Waals surface area contributed by atoms with Gasteiger partial charge in [0.1, 0.15) is 0 Å². The minimum atomic E-state index is -0.728. The number of rotatable bonds is 7. The van der Waals surface area contributed by atoms with Crippen molar-refractivity contribution in [3.8, 4) is 0 Å². The van der Waals surface area contributed by atoms with Gasteiger partial charge < -0.3 is 10.0 Å². The Balaban J connectivity index is 1.92. The molecule has 2 heterocycles. The van der Waals surface area contributed by atoms with Gasteiger partial charge in [-0.05, 0) is 39.2 Å². The molecule has 0 amide bonds. The van der Waals surface area contributed by atoms with Gasteiger partial charge in [0.25, 0.3) is 0 Å². The van der Waals surface area contributed by atoms with Gasteiger partial charge in [0, 0.05) is 23.9 Å². The Morgan fingerprint density at radius 2 is 2.24 bits per heavy atom. The van der Waals surface area contributed by atoms with Gasteiger partial charge in [-0.2, -0.15) is 0 Å². The zero-order valence-corrected chi connectivity index (χ0v) is 13.9. The van der Waals surface area contributed by atoms with Crippen LogP contribution in [-0.4, -0.2) is 40.1 Å². The predicted molar refractivity (Wildman–Crippen MR) is 86.0 cm³/mol. The quantitative estimate of drug-likeness (QED) is 0.840. The molecule has 1 aromatic heterocycles. The number of hydrogen-bond donors (Lipinski definition) is 1. The highest BCUT2D eigenvalue weighted by atomic mass is 32.1. The summed E-state index contributed by atoms with van der Waals surface area (Å²) >= 11 is 1.71. The lowest BCUT2D eigenvalue weighted by Gasteiger charge is -2.33. The van der Waals surface area contributed by atoms with E-state index in [0.29, 0.717) is 12.5 Å². The molecule has 1 aliphatic heterocycles. The van der Waals surface area contributed by atoms with Crippen molar-refractivity contribution < 1.29 is 9.90 Å². The fourth-order valence-electron chi connectivity index (χ4n) is 2.96. The number of thiazole rings is 1. The Labute approximate surface area is 131 Å². The number of carboxylic acid groups (broad SMARTS) is 1. The number of carbonyl (C=O) groups is 1. The van der Waals surface area contributed by atoms with Crippen LogP contribution in [-0.2, 0) is 24.1 Å². The van der Waals surface area contributed by atoms with Crippen LogP contribution in [0.15, 0.2) is 0 Å². The number of aliphatic carboxylic acids is 1. The van der Waals surface area contributed by atoms with E-state index < -0.39 is 5.97 Å². The number of nitrogens with zero attached hydrogens (tertiary/aromatic N) is 2. The fourth-order valence-corrected chi connectivity index (χ4v) is 4.11. The first-order valence-electron chi connectivity index (χ1n) is 8.03. The molecule has 1 unspecified atom stereocenters. The lowest BCUT2D eigenvalue weighted by Crippen LogP contribution is -2.38. The van der Waals surface area contributed by atoms with E-state index in [4.69, 9.17) is 10.1 Å². The standard InChI is InChI=1S/C16H26N2O2S/c1-3-13-14(7-8-16(19)20)21-15(17-13)9-11-18-10-5-4-6-12(18)2/h12H,3-11H2,1-2H3,(H,19,20). The molecule has 21 heavy (non-hydrogen) atoms. The summed E-state index contributed by atoms with van der Waals surface area (Å²) in [7, 11) is 0. The maximum Gasteiger partial charge on any atom is 0.303 e. The van der Waals surface area contributed by atoms with Crippen molar-refractivity contribution >= 4 is 17.3 Å². The third-order valence-corrected chi connectivity index (χ3v) is 5.49. The topological polar surface area (TPSA) is 53.4 Å². The van der Waals surface area contributed by atoms with Crippen molar-refractivity contribution in [1.29, 1.82) is 0 Å². The number of hydrogen-bond acceptors (Lipinski definition) is 4. The summed E-state index contributed by atoms with van der Waals surface area (Å²) in [5.74, 6) is -0.728. The Morgan fingerprint density at radius 1 is 1.43 bits per heavy atom. The van der Waals surface area contributed by atoms with Crippen LogP contribution in [0.2, 0.25) is 0 Å². The normalized spacial score (nSPS) is 19.8. The molecule has 4 nitrogen and oxygen atoms in total. The number of aryl methyl sites for hydroxylation is 2. The summed E-state index contributed by atoms with van der Waals surface area (Å²) in [6.07, 6.45) is 6.69. The molecule has 1 N–H and O–H groups in total. The highest BCUT2D eigenvalue weighted by Gasteiger charge is 2.18. The molecular weight excluding hydrogens is 284 g/mol. The first-order valence-corrected chi connectivity index (χ1v) is 8.85. The second-order valence-electron chi connectivity index (χ2n) is 5.86. The summed E-state index contributed by atoms with van der Waals surface area (Å²) in [5.41, 5.74) is 1.10. The third kappa shape index (κ3) is 4.78. The van der Waals surface area contributed by atoms with E-state index in [2.05, 4.69) is 18.7 Å². The second-order valence-corrected chi connectivity index (χ2v) is 7.02. The summed E-state index contributed by atoms with van der Waals surface area (Å²) < 4.78 is 0. The first-order chi connectivity index (χ1) is 10.1. The van der Waals surface area contributed by atoms with Crippen molar-refractivity contribution in [2.45, 2.75) is 64.8 Å². The van der Waals surface area contributed by atoms with E-state index >= 15 is 0 Å². The van der Waals surface area contributed by atoms with E-state index in [-0.39, 0.29) is 6.42 Å². The summed E-state index contributed by atoms with van der Waals surface area (Å²) in [4.78, 5) is 19.2. The van der Waals surface area contributed by atoms with Crippen LogP contribution >= 0.6 is 11.3 Å². The molecule has 0 aliphatic carbocycles. The van der Waals surface area contributed by atoms with Crippen LogP contribution < -0.4 is 0 Å². The Hall–Kier alpha value is -0.940. The maximum atomic E-state index is 10.7. The van der Waals surface area contributed by atoms with E-state index in [1.165, 1.54) is 35.7 Å². The van der Waals surface area contributed by atoms with Crippen molar-refractivity contribution in [2.24, 2.45) is 0 Å². The molecule has 0 aromatic carbocycles. The van der Waals surface area contributed by atoms with E-state index in [9.17, 15) is 4.79 Å². The van der Waals surface area contributed by atoms with Gasteiger partial charge >= 0.3 is 5.97 Å².